The van der Waals surface area contributed by atoms with E-state index in [1.54, 1.807) is 0 Å². The zero-order valence-electron chi connectivity index (χ0n) is 18.7. The van der Waals surface area contributed by atoms with E-state index in [0.717, 1.165) is 43.3 Å². The highest BCUT2D eigenvalue weighted by atomic mass is 127. The van der Waals surface area contributed by atoms with Gasteiger partial charge in [0.2, 0.25) is 0 Å². The lowest BCUT2D eigenvalue weighted by molar-refractivity contribution is -0.348. The molecular formula is C24H39IO3S. The first-order valence-electron chi connectivity index (χ1n) is 12.0. The maximum Gasteiger partial charge on any atom is 0.173 e. The Hall–Kier alpha value is 0.960. The van der Waals surface area contributed by atoms with Gasteiger partial charge in [-0.1, -0.05) is 27.7 Å². The number of halogens is 1. The molecule has 5 fully saturated rings. The van der Waals surface area contributed by atoms with Crippen molar-refractivity contribution in [3.05, 3.63) is 0 Å². The number of fused-ring (bicyclic) bond motifs is 6. The molecule has 29 heavy (non-hydrogen) atoms. The smallest absolute Gasteiger partial charge is 0.173 e. The Kier molecular flexibility index (Phi) is 5.63. The van der Waals surface area contributed by atoms with Crippen molar-refractivity contribution in [1.82, 2.24) is 0 Å². The Morgan fingerprint density at radius 1 is 0.862 bits per heavy atom. The summed E-state index contributed by atoms with van der Waals surface area (Å²) >= 11 is 2.28. The van der Waals surface area contributed by atoms with Gasteiger partial charge in [0, 0.05) is 38.5 Å². The fourth-order valence-corrected chi connectivity index (χ4v) is 9.65. The van der Waals surface area contributed by atoms with Gasteiger partial charge in [0.25, 0.3) is 0 Å². The second kappa shape index (κ2) is 7.50. The maximum absolute atomic E-state index is 6.62. The van der Waals surface area contributed by atoms with Crippen LogP contribution in [-0.4, -0.2) is 25.1 Å². The van der Waals surface area contributed by atoms with Crippen molar-refractivity contribution in [2.75, 3.05) is 13.2 Å². The average molecular weight is 535 g/mol. The van der Waals surface area contributed by atoms with Gasteiger partial charge in [-0.2, -0.15) is 0 Å². The van der Waals surface area contributed by atoms with E-state index in [1.165, 1.54) is 60.6 Å². The van der Waals surface area contributed by atoms with Crippen LogP contribution >= 0.6 is 30.4 Å². The van der Waals surface area contributed by atoms with Crippen LogP contribution in [0.5, 0.6) is 0 Å². The van der Waals surface area contributed by atoms with Gasteiger partial charge in [-0.05, 0) is 80.5 Å². The Bertz CT molecular complexity index is 632. The molecule has 4 aliphatic carbocycles. The van der Waals surface area contributed by atoms with Crippen LogP contribution in [0.25, 0.3) is 0 Å². The molecule has 1 aliphatic heterocycles. The second-order valence-corrected chi connectivity index (χ2v) is 13.6. The summed E-state index contributed by atoms with van der Waals surface area (Å²) < 4.78 is 19.2. The van der Waals surface area contributed by atoms with Crippen LogP contribution in [0.15, 0.2) is 0 Å². The molecule has 0 bridgehead atoms. The van der Waals surface area contributed by atoms with Gasteiger partial charge in [-0.15, -0.1) is 0 Å². The van der Waals surface area contributed by atoms with Gasteiger partial charge in [0.05, 0.1) is 28.5 Å². The van der Waals surface area contributed by atoms with E-state index >= 15 is 0 Å². The minimum Gasteiger partial charge on any atom is -0.349 e. The van der Waals surface area contributed by atoms with Gasteiger partial charge in [-0.3, -0.25) is 0 Å². The van der Waals surface area contributed by atoms with Crippen LogP contribution in [0.3, 0.4) is 0 Å². The normalized spacial score (nSPS) is 50.6. The number of hydrogen-bond acceptors (Lipinski definition) is 4. The summed E-state index contributed by atoms with van der Waals surface area (Å²) in [6.45, 7) is 11.4. The van der Waals surface area contributed by atoms with Crippen molar-refractivity contribution in [2.24, 2.45) is 39.9 Å². The third kappa shape index (κ3) is 3.29. The second-order valence-electron chi connectivity index (χ2n) is 12.2. The topological polar surface area (TPSA) is 27.7 Å². The standard InChI is InChI=1S/C24H39IO3S/c1-21(2)14-26-24(27-15-21)12-9-20-18-6-5-16-13-17(28-29-25)7-10-22(16,3)19(18)8-11-23(20,24)4/h16-20H,5-15H2,1-4H3. The van der Waals surface area contributed by atoms with E-state index in [9.17, 15) is 0 Å². The number of rotatable bonds is 2. The van der Waals surface area contributed by atoms with Crippen LogP contribution in [0.4, 0.5) is 0 Å². The molecule has 1 heterocycles. The lowest BCUT2D eigenvalue weighted by atomic mass is 9.45. The molecule has 0 N–H and O–H groups in total. The fourth-order valence-electron chi connectivity index (χ4n) is 8.50. The van der Waals surface area contributed by atoms with E-state index in [-0.39, 0.29) is 16.6 Å². The highest BCUT2D eigenvalue weighted by molar-refractivity contribution is 14.2. The number of hydrogen-bond donors (Lipinski definition) is 0. The van der Waals surface area contributed by atoms with Crippen LogP contribution in [0, 0.1) is 39.9 Å². The molecule has 0 aromatic heterocycles. The molecule has 0 amide bonds. The zero-order chi connectivity index (χ0) is 20.5. The summed E-state index contributed by atoms with van der Waals surface area (Å²) in [5.41, 5.74) is 0.872. The Labute approximate surface area is 193 Å². The molecule has 0 radical (unpaired) electrons. The Morgan fingerprint density at radius 3 is 2.31 bits per heavy atom. The highest BCUT2D eigenvalue weighted by Crippen LogP contribution is 2.69. The van der Waals surface area contributed by atoms with Crippen LogP contribution in [0.1, 0.15) is 85.5 Å². The summed E-state index contributed by atoms with van der Waals surface area (Å²) in [6.07, 6.45) is 12.2. The molecular weight excluding hydrogens is 495 g/mol. The molecule has 1 saturated heterocycles. The van der Waals surface area contributed by atoms with Crippen molar-refractivity contribution in [3.63, 3.8) is 0 Å². The quantitative estimate of drug-likeness (QED) is 0.277. The van der Waals surface area contributed by atoms with E-state index < -0.39 is 0 Å². The lowest BCUT2D eigenvalue weighted by Crippen LogP contribution is -2.60. The van der Waals surface area contributed by atoms with Crippen LogP contribution in [0.2, 0.25) is 0 Å². The van der Waals surface area contributed by atoms with Crippen molar-refractivity contribution in [1.29, 1.82) is 0 Å². The first kappa shape index (κ1) is 21.8. The molecule has 166 valence electrons. The van der Waals surface area contributed by atoms with Crippen LogP contribution < -0.4 is 0 Å². The predicted octanol–water partition coefficient (Wildman–Crippen LogP) is 7.18. The summed E-state index contributed by atoms with van der Waals surface area (Å²) in [5.74, 6) is 3.09. The zero-order valence-corrected chi connectivity index (χ0v) is 21.6. The summed E-state index contributed by atoms with van der Waals surface area (Å²) in [6, 6.07) is 0. The fraction of sp³-hybridized carbons (Fsp3) is 1.00. The molecule has 4 saturated carbocycles. The van der Waals surface area contributed by atoms with Crippen molar-refractivity contribution in [2.45, 2.75) is 97.4 Å². The average Bonchev–Trinajstić information content (AvgIpc) is 2.97. The molecule has 7 unspecified atom stereocenters. The lowest BCUT2D eigenvalue weighted by Gasteiger charge is -2.62. The molecule has 5 rings (SSSR count). The SMILES string of the molecule is CC1(C)COC2(CCC3C4CCC5CC(OSI)CCC5(C)C4CCC32C)OC1. The van der Waals surface area contributed by atoms with E-state index in [1.807, 2.05) is 0 Å². The molecule has 3 nitrogen and oxygen atoms in total. The summed E-state index contributed by atoms with van der Waals surface area (Å²) in [4.78, 5) is 0. The number of ether oxygens (including phenoxy) is 2. The maximum atomic E-state index is 6.62. The molecule has 7 atom stereocenters. The predicted molar refractivity (Wildman–Crippen MR) is 127 cm³/mol. The minimum absolute atomic E-state index is 0.152. The van der Waals surface area contributed by atoms with E-state index in [0.29, 0.717) is 11.5 Å². The molecule has 1 spiro atoms. The minimum atomic E-state index is -0.307. The summed E-state index contributed by atoms with van der Waals surface area (Å²) in [5, 5.41) is 0. The van der Waals surface area contributed by atoms with Gasteiger partial charge in [0.15, 0.2) is 5.79 Å². The molecule has 5 aliphatic rings. The van der Waals surface area contributed by atoms with Crippen molar-refractivity contribution in [3.8, 4) is 0 Å². The van der Waals surface area contributed by atoms with Gasteiger partial charge >= 0.3 is 0 Å². The first-order valence-corrected chi connectivity index (χ1v) is 15.2. The monoisotopic (exact) mass is 534 g/mol. The van der Waals surface area contributed by atoms with Crippen LogP contribution in [-0.2, 0) is 13.7 Å². The van der Waals surface area contributed by atoms with Gasteiger partial charge < -0.3 is 13.7 Å². The largest absolute Gasteiger partial charge is 0.349 e. The van der Waals surface area contributed by atoms with Crippen molar-refractivity contribution >= 4 is 30.4 Å². The molecule has 0 aromatic rings. The first-order chi connectivity index (χ1) is 13.7. The Balaban J connectivity index is 1.36. The van der Waals surface area contributed by atoms with Gasteiger partial charge in [0.1, 0.15) is 0 Å². The van der Waals surface area contributed by atoms with Crippen molar-refractivity contribution < 1.29 is 13.7 Å². The molecule has 5 heteroatoms. The highest BCUT2D eigenvalue weighted by Gasteiger charge is 2.67. The third-order valence-electron chi connectivity index (χ3n) is 10.2. The summed E-state index contributed by atoms with van der Waals surface area (Å²) in [7, 11) is 1.54. The van der Waals surface area contributed by atoms with Gasteiger partial charge in [-0.25, -0.2) is 0 Å². The molecule has 0 aromatic carbocycles. The van der Waals surface area contributed by atoms with E-state index in [4.69, 9.17) is 13.7 Å². The van der Waals surface area contributed by atoms with E-state index in [2.05, 4.69) is 48.9 Å². The Morgan fingerprint density at radius 2 is 1.59 bits per heavy atom. The third-order valence-corrected chi connectivity index (χ3v) is 11.2.